The monoisotopic (exact) mass is 750 g/mol. The van der Waals surface area contributed by atoms with Gasteiger partial charge in [-0.25, -0.2) is 0 Å². The summed E-state index contributed by atoms with van der Waals surface area (Å²) in [6.45, 7) is 0. The molecule has 9 heteroatoms. The van der Waals surface area contributed by atoms with Crippen molar-refractivity contribution < 1.29 is 30.5 Å². The van der Waals surface area contributed by atoms with Gasteiger partial charge in [0.1, 0.15) is 23.0 Å². The Kier molecular flexibility index (Phi) is 10.9. The van der Waals surface area contributed by atoms with Gasteiger partial charge in [-0.2, -0.15) is 0 Å². The second kappa shape index (κ2) is 15.2. The molecule has 0 aliphatic rings. The van der Waals surface area contributed by atoms with Gasteiger partial charge in [0, 0.05) is 21.9 Å². The van der Waals surface area contributed by atoms with E-state index in [1.807, 2.05) is 78.9 Å². The number of aromatic hydroxyl groups is 4. The average Bonchev–Trinajstić information content (AvgIpc) is 3.10. The highest BCUT2D eigenvalue weighted by molar-refractivity contribution is 9.11. The van der Waals surface area contributed by atoms with Crippen LogP contribution in [-0.2, 0) is 0 Å². The Morgan fingerprint density at radius 3 is 1.02 bits per heavy atom. The minimum atomic E-state index is -1.34. The summed E-state index contributed by atoms with van der Waals surface area (Å²) in [5.74, 6) is 0.849. The summed E-state index contributed by atoms with van der Waals surface area (Å²) in [5, 5.41) is 60.5. The third-order valence-corrected chi connectivity index (χ3v) is 9.07. The molecule has 0 atom stereocenters. The van der Waals surface area contributed by atoms with Crippen molar-refractivity contribution in [2.24, 2.45) is 0 Å². The summed E-state index contributed by atoms with van der Waals surface area (Å²) in [6.07, 6.45) is 0. The maximum Gasteiger partial charge on any atom is 0.488 e. The van der Waals surface area contributed by atoms with Crippen LogP contribution in [0.4, 0.5) is 0 Å². The summed E-state index contributed by atoms with van der Waals surface area (Å²) in [7, 11) is -1.34. The lowest BCUT2D eigenvalue weighted by Crippen LogP contribution is -2.29. The summed E-state index contributed by atoms with van der Waals surface area (Å²) < 4.78 is 1.27. The molecule has 0 amide bonds. The first-order valence-electron chi connectivity index (χ1n) is 14.5. The first-order valence-corrected chi connectivity index (χ1v) is 16.0. The van der Waals surface area contributed by atoms with Crippen LogP contribution in [-0.4, -0.2) is 37.6 Å². The van der Waals surface area contributed by atoms with Crippen molar-refractivity contribution in [3.05, 3.63) is 148 Å². The first kappa shape index (κ1) is 33.6. The van der Waals surface area contributed by atoms with Gasteiger partial charge in [0.15, 0.2) is 0 Å². The number of rotatable bonds is 3. The van der Waals surface area contributed by atoms with Crippen molar-refractivity contribution in [1.82, 2.24) is 0 Å². The van der Waals surface area contributed by atoms with Crippen LogP contribution in [0.5, 0.6) is 23.0 Å². The Morgan fingerprint density at radius 2 is 0.681 bits per heavy atom. The van der Waals surface area contributed by atoms with Crippen molar-refractivity contribution >= 4 is 66.0 Å². The molecule has 0 aliphatic heterocycles. The standard InChI is InChI=1S/C22H16O2.C10H6Br2O2.C6H7BO2/c23-19-13-12-18-17(21(19)15-7-3-1-4-8-15)11-14-20(24)22(18)16-9-5-2-6-10-16;11-9-5-1-3-7(13)10(12)6(5)2-4-8(9)14;8-7(9)6-4-2-1-3-5-6/h1-14,23-24H;1-4,13-14H;1-5,8-9H. The van der Waals surface area contributed by atoms with Gasteiger partial charge in [0.05, 0.1) is 8.95 Å². The van der Waals surface area contributed by atoms with Gasteiger partial charge < -0.3 is 30.5 Å². The number of benzene rings is 7. The van der Waals surface area contributed by atoms with Crippen LogP contribution in [0.25, 0.3) is 43.8 Å². The third-order valence-electron chi connectivity index (χ3n) is 7.41. The van der Waals surface area contributed by atoms with Gasteiger partial charge in [-0.3, -0.25) is 0 Å². The zero-order chi connectivity index (χ0) is 33.5. The topological polar surface area (TPSA) is 121 Å². The second-order valence-corrected chi connectivity index (χ2v) is 12.0. The smallest absolute Gasteiger partial charge is 0.488 e. The van der Waals surface area contributed by atoms with E-state index in [4.69, 9.17) is 10.0 Å². The van der Waals surface area contributed by atoms with Crippen LogP contribution < -0.4 is 5.46 Å². The Labute approximate surface area is 288 Å². The quantitative estimate of drug-likeness (QED) is 0.101. The van der Waals surface area contributed by atoms with E-state index in [1.165, 1.54) is 0 Å². The molecule has 7 aromatic rings. The van der Waals surface area contributed by atoms with Gasteiger partial charge in [-0.15, -0.1) is 0 Å². The van der Waals surface area contributed by atoms with Crippen LogP contribution >= 0.6 is 31.9 Å². The number of fused-ring (bicyclic) bond motifs is 2. The van der Waals surface area contributed by atoms with Crippen LogP contribution in [0.3, 0.4) is 0 Å². The largest absolute Gasteiger partial charge is 0.507 e. The molecule has 0 unspecified atom stereocenters. The first-order chi connectivity index (χ1) is 22.7. The predicted octanol–water partition coefficient (Wildman–Crippen LogP) is 8.73. The van der Waals surface area contributed by atoms with Gasteiger partial charge in [0.25, 0.3) is 0 Å². The highest BCUT2D eigenvalue weighted by atomic mass is 79.9. The number of phenolic OH excluding ortho intramolecular Hbond substituents is 4. The molecular formula is C38H29BBr2O6. The lowest BCUT2D eigenvalue weighted by atomic mass is 9.81. The summed E-state index contributed by atoms with van der Waals surface area (Å²) in [4.78, 5) is 0. The zero-order valence-electron chi connectivity index (χ0n) is 24.8. The maximum absolute atomic E-state index is 10.4. The summed E-state index contributed by atoms with van der Waals surface area (Å²) >= 11 is 6.57. The van der Waals surface area contributed by atoms with Crippen molar-refractivity contribution in [2.45, 2.75) is 0 Å². The lowest BCUT2D eigenvalue weighted by Gasteiger charge is -2.14. The lowest BCUT2D eigenvalue weighted by molar-refractivity contribution is 0.425. The summed E-state index contributed by atoms with van der Waals surface area (Å²) in [5.41, 5.74) is 3.99. The summed E-state index contributed by atoms with van der Waals surface area (Å²) in [6, 6.07) is 42.0. The number of hydrogen-bond acceptors (Lipinski definition) is 6. The molecule has 0 saturated heterocycles. The molecule has 7 aromatic carbocycles. The van der Waals surface area contributed by atoms with Gasteiger partial charge in [-0.1, -0.05) is 91.0 Å². The number of hydrogen-bond donors (Lipinski definition) is 6. The van der Waals surface area contributed by atoms with Crippen molar-refractivity contribution in [3.8, 4) is 45.3 Å². The molecule has 0 radical (unpaired) electrons. The number of halogens is 2. The minimum Gasteiger partial charge on any atom is -0.507 e. The highest BCUT2D eigenvalue weighted by Gasteiger charge is 2.15. The van der Waals surface area contributed by atoms with Gasteiger partial charge in [-0.05, 0) is 108 Å². The molecule has 47 heavy (non-hydrogen) atoms. The van der Waals surface area contributed by atoms with Crippen molar-refractivity contribution in [1.29, 1.82) is 0 Å². The van der Waals surface area contributed by atoms with Crippen molar-refractivity contribution in [2.75, 3.05) is 0 Å². The molecular weight excluding hydrogens is 723 g/mol. The van der Waals surface area contributed by atoms with E-state index in [9.17, 15) is 20.4 Å². The van der Waals surface area contributed by atoms with E-state index in [1.54, 1.807) is 60.7 Å². The van der Waals surface area contributed by atoms with E-state index >= 15 is 0 Å². The van der Waals surface area contributed by atoms with E-state index in [0.717, 1.165) is 43.8 Å². The Balaban J connectivity index is 0.000000159. The predicted molar refractivity (Wildman–Crippen MR) is 197 cm³/mol. The van der Waals surface area contributed by atoms with Crippen LogP contribution in [0, 0.1) is 0 Å². The van der Waals surface area contributed by atoms with Crippen LogP contribution in [0.1, 0.15) is 0 Å². The van der Waals surface area contributed by atoms with Crippen molar-refractivity contribution in [3.63, 3.8) is 0 Å². The number of phenols is 4. The SMILES string of the molecule is OB(O)c1ccccc1.Oc1ccc2c(-c3ccccc3)c(O)ccc2c1-c1ccccc1.Oc1ccc2c(Br)c(O)ccc2c1Br. The van der Waals surface area contributed by atoms with Gasteiger partial charge >= 0.3 is 7.12 Å². The highest BCUT2D eigenvalue weighted by Crippen LogP contribution is 2.43. The van der Waals surface area contributed by atoms with Crippen LogP contribution in [0.15, 0.2) is 148 Å². The molecule has 6 N–H and O–H groups in total. The molecule has 0 aliphatic carbocycles. The van der Waals surface area contributed by atoms with E-state index in [0.29, 0.717) is 14.4 Å². The molecule has 0 heterocycles. The zero-order valence-corrected chi connectivity index (χ0v) is 28.0. The molecule has 0 aromatic heterocycles. The van der Waals surface area contributed by atoms with E-state index in [2.05, 4.69) is 31.9 Å². The Morgan fingerprint density at radius 1 is 0.362 bits per heavy atom. The average molecular weight is 752 g/mol. The fourth-order valence-corrected chi connectivity index (χ4v) is 6.09. The fourth-order valence-electron chi connectivity index (χ4n) is 5.13. The maximum atomic E-state index is 10.4. The normalized spacial score (nSPS) is 10.5. The Hall–Kier alpha value is -4.80. The van der Waals surface area contributed by atoms with E-state index in [-0.39, 0.29) is 23.0 Å². The molecule has 234 valence electrons. The Bertz CT molecular complexity index is 2000. The molecule has 7 rings (SSSR count). The van der Waals surface area contributed by atoms with Crippen LogP contribution in [0.2, 0.25) is 0 Å². The molecule has 0 fully saturated rings. The second-order valence-electron chi connectivity index (χ2n) is 10.4. The third kappa shape index (κ3) is 7.61. The van der Waals surface area contributed by atoms with E-state index < -0.39 is 7.12 Å². The fraction of sp³-hybridized carbons (Fsp3) is 0. The molecule has 0 saturated carbocycles. The molecule has 6 nitrogen and oxygen atoms in total. The molecule has 0 spiro atoms. The molecule has 0 bridgehead atoms. The minimum absolute atomic E-state index is 0.190. The van der Waals surface area contributed by atoms with Gasteiger partial charge in [0.2, 0.25) is 0 Å².